The highest BCUT2D eigenvalue weighted by Crippen LogP contribution is 2.44. The maximum absolute atomic E-state index is 13.0. The molecule has 2 saturated heterocycles. The van der Waals surface area contributed by atoms with Crippen molar-refractivity contribution < 1.29 is 83.2 Å². The van der Waals surface area contributed by atoms with E-state index < -0.39 is 36.4 Å². The summed E-state index contributed by atoms with van der Waals surface area (Å²) >= 11 is 0. The molecule has 0 aromatic carbocycles. The molecule has 3 N–H and O–H groups in total. The summed E-state index contributed by atoms with van der Waals surface area (Å²) in [4.78, 5) is 46.8. The number of likely N-dealkylation sites (tertiary alicyclic amines) is 2. The number of carbonyl (C=O) groups is 4. The van der Waals surface area contributed by atoms with Crippen molar-refractivity contribution >= 4 is 23.9 Å². The average molecular weight is 706 g/mol. The van der Waals surface area contributed by atoms with Crippen LogP contribution in [0, 0.1) is 11.3 Å². The smallest absolute Gasteiger partial charge is 0.475 e. The van der Waals surface area contributed by atoms with Crippen molar-refractivity contribution in [2.24, 2.45) is 11.3 Å². The van der Waals surface area contributed by atoms with Crippen LogP contribution in [0.15, 0.2) is 22.8 Å². The number of ether oxygens (including phenoxy) is 1. The lowest BCUT2D eigenvalue weighted by atomic mass is 9.75. The van der Waals surface area contributed by atoms with Crippen molar-refractivity contribution in [2.45, 2.75) is 44.8 Å². The summed E-state index contributed by atoms with van der Waals surface area (Å²) in [5.41, 5.74) is -0.347. The zero-order valence-electron chi connectivity index (χ0n) is 25.4. The van der Waals surface area contributed by atoms with Crippen LogP contribution >= 0.6 is 0 Å². The molecule has 0 saturated carbocycles. The monoisotopic (exact) mass is 705 g/mol. The SMILES string of the molecule is CCOC(=O)[C@]12CCCN(Cc3ccco3)C[C@H]1CN(CCN(C)C)C2.O=C(O)C(F)(F)F.O=C(O)C(F)(F)F.O=C(O)C(F)(F)F. The van der Waals surface area contributed by atoms with E-state index in [2.05, 4.69) is 28.8 Å². The molecule has 0 unspecified atom stereocenters. The molecule has 12 nitrogen and oxygen atoms in total. The van der Waals surface area contributed by atoms with Crippen LogP contribution in [0.25, 0.3) is 0 Å². The van der Waals surface area contributed by atoms with Gasteiger partial charge in [0.15, 0.2) is 0 Å². The van der Waals surface area contributed by atoms with Crippen molar-refractivity contribution in [3.8, 4) is 0 Å². The van der Waals surface area contributed by atoms with Gasteiger partial charge in [-0.25, -0.2) is 14.4 Å². The van der Waals surface area contributed by atoms with Gasteiger partial charge in [-0.1, -0.05) is 0 Å². The Morgan fingerprint density at radius 1 is 0.915 bits per heavy atom. The highest BCUT2D eigenvalue weighted by Gasteiger charge is 2.54. The highest BCUT2D eigenvalue weighted by atomic mass is 19.4. The molecule has 2 aliphatic heterocycles. The third-order valence-corrected chi connectivity index (χ3v) is 6.57. The largest absolute Gasteiger partial charge is 0.490 e. The minimum absolute atomic E-state index is 0.0113. The van der Waals surface area contributed by atoms with Crippen LogP contribution < -0.4 is 0 Å². The number of aliphatic carboxylic acids is 3. The number of esters is 1. The Morgan fingerprint density at radius 3 is 1.77 bits per heavy atom. The first kappa shape index (κ1) is 43.4. The molecule has 2 fully saturated rings. The topological polar surface area (TPSA) is 161 Å². The number of rotatable bonds is 7. The zero-order chi connectivity index (χ0) is 36.8. The molecule has 0 bridgehead atoms. The number of halogens is 9. The second kappa shape index (κ2) is 18.7. The predicted octanol–water partition coefficient (Wildman–Crippen LogP) is 3.82. The van der Waals surface area contributed by atoms with Gasteiger partial charge in [0.25, 0.3) is 0 Å². The molecule has 3 rings (SSSR count). The van der Waals surface area contributed by atoms with E-state index in [4.69, 9.17) is 38.9 Å². The van der Waals surface area contributed by atoms with Crippen LogP contribution in [-0.2, 0) is 30.5 Å². The summed E-state index contributed by atoms with van der Waals surface area (Å²) in [7, 11) is 4.20. The Balaban J connectivity index is 0.000000820. The number of likely N-dealkylation sites (N-methyl/N-ethyl adjacent to an activating group) is 1. The van der Waals surface area contributed by atoms with Crippen LogP contribution in [-0.4, -0.2) is 132 Å². The van der Waals surface area contributed by atoms with Crippen molar-refractivity contribution in [1.82, 2.24) is 14.7 Å². The first-order valence-electron chi connectivity index (χ1n) is 13.6. The maximum atomic E-state index is 13.0. The van der Waals surface area contributed by atoms with E-state index in [1.54, 1.807) is 6.26 Å². The fraction of sp³-hybridized carbons (Fsp3) is 0.692. The van der Waals surface area contributed by atoms with Gasteiger partial charge in [0.2, 0.25) is 0 Å². The molecule has 2 atom stereocenters. The van der Waals surface area contributed by atoms with Crippen molar-refractivity contribution in [2.75, 3.05) is 60.0 Å². The van der Waals surface area contributed by atoms with Gasteiger partial charge in [-0.2, -0.15) is 39.5 Å². The molecule has 1 aromatic heterocycles. The average Bonchev–Trinajstić information content (AvgIpc) is 3.51. The van der Waals surface area contributed by atoms with E-state index in [1.807, 2.05) is 19.1 Å². The van der Waals surface area contributed by atoms with Crippen molar-refractivity contribution in [3.05, 3.63) is 24.2 Å². The lowest BCUT2D eigenvalue weighted by Crippen LogP contribution is -2.42. The Morgan fingerprint density at radius 2 is 1.38 bits per heavy atom. The van der Waals surface area contributed by atoms with E-state index in [0.717, 1.165) is 64.4 Å². The van der Waals surface area contributed by atoms with Gasteiger partial charge >= 0.3 is 42.4 Å². The number of carboxylic acids is 3. The van der Waals surface area contributed by atoms with Gasteiger partial charge in [-0.05, 0) is 52.5 Å². The number of carboxylic acid groups (broad SMARTS) is 3. The van der Waals surface area contributed by atoms with E-state index in [1.165, 1.54) is 0 Å². The zero-order valence-corrected chi connectivity index (χ0v) is 25.4. The van der Waals surface area contributed by atoms with E-state index in [0.29, 0.717) is 12.5 Å². The Kier molecular flexibility index (Phi) is 17.2. The van der Waals surface area contributed by atoms with Crippen molar-refractivity contribution in [1.29, 1.82) is 0 Å². The Bertz CT molecular complexity index is 1070. The van der Waals surface area contributed by atoms with Crippen LogP contribution in [0.3, 0.4) is 0 Å². The van der Waals surface area contributed by atoms with Crippen LogP contribution in [0.4, 0.5) is 39.5 Å². The third kappa shape index (κ3) is 16.2. The van der Waals surface area contributed by atoms with Crippen LogP contribution in [0.5, 0.6) is 0 Å². The molecule has 0 aliphatic carbocycles. The van der Waals surface area contributed by atoms with E-state index in [9.17, 15) is 44.3 Å². The quantitative estimate of drug-likeness (QED) is 0.279. The fourth-order valence-electron chi connectivity index (χ4n) is 4.50. The first-order chi connectivity index (χ1) is 21.4. The summed E-state index contributed by atoms with van der Waals surface area (Å²) in [6.45, 7) is 8.95. The lowest BCUT2D eigenvalue weighted by Gasteiger charge is -2.31. The molecular formula is C26H36F9N3O9. The van der Waals surface area contributed by atoms with Crippen LogP contribution in [0.2, 0.25) is 0 Å². The minimum atomic E-state index is -5.08. The summed E-state index contributed by atoms with van der Waals surface area (Å²) in [5, 5.41) is 21.4. The van der Waals surface area contributed by atoms with Gasteiger partial charge in [0, 0.05) is 38.6 Å². The number of furan rings is 1. The lowest BCUT2D eigenvalue weighted by molar-refractivity contribution is -0.193. The third-order valence-electron chi connectivity index (χ3n) is 6.57. The summed E-state index contributed by atoms with van der Waals surface area (Å²) in [5.74, 6) is -6.94. The predicted molar refractivity (Wildman–Crippen MR) is 142 cm³/mol. The number of hydrogen-bond donors (Lipinski definition) is 3. The molecule has 0 spiro atoms. The molecule has 0 radical (unpaired) electrons. The molecule has 2 aliphatic rings. The highest BCUT2D eigenvalue weighted by molar-refractivity contribution is 5.78. The van der Waals surface area contributed by atoms with Gasteiger partial charge in [0.05, 0.1) is 24.8 Å². The molecular weight excluding hydrogens is 669 g/mol. The van der Waals surface area contributed by atoms with E-state index in [-0.39, 0.29) is 11.4 Å². The number of nitrogens with zero attached hydrogens (tertiary/aromatic N) is 3. The van der Waals surface area contributed by atoms with Gasteiger partial charge in [-0.3, -0.25) is 9.69 Å². The van der Waals surface area contributed by atoms with Gasteiger partial charge in [0.1, 0.15) is 5.76 Å². The van der Waals surface area contributed by atoms with Gasteiger partial charge < -0.3 is 34.3 Å². The number of fused-ring (bicyclic) bond motifs is 1. The second-order valence-electron chi connectivity index (χ2n) is 10.4. The number of carbonyl (C=O) groups excluding carboxylic acids is 1. The standard InChI is InChI=1S/C20H33N3O3.3C2HF3O2/c1-4-25-19(24)20-8-6-9-22(15-18-7-5-12-26-18)13-17(20)14-23(16-20)11-10-21(2)3;3*3-2(4,5)1(6)7/h5,7,12,17H,4,6,8-11,13-16H2,1-3H3;3*(H,6,7)/t17-,20-;;;/m0.../s1. The number of hydrogen-bond acceptors (Lipinski definition) is 9. The second-order valence-corrected chi connectivity index (χ2v) is 10.4. The molecule has 21 heteroatoms. The number of alkyl halides is 9. The van der Waals surface area contributed by atoms with Gasteiger partial charge in [-0.15, -0.1) is 0 Å². The Hall–Kier alpha value is -3.59. The van der Waals surface area contributed by atoms with E-state index >= 15 is 0 Å². The molecule has 3 heterocycles. The normalized spacial score (nSPS) is 20.2. The maximum Gasteiger partial charge on any atom is 0.490 e. The summed E-state index contributed by atoms with van der Waals surface area (Å²) in [6, 6.07) is 3.97. The molecule has 0 amide bonds. The molecule has 47 heavy (non-hydrogen) atoms. The summed E-state index contributed by atoms with van der Waals surface area (Å²) in [6.07, 6.45) is -11.6. The summed E-state index contributed by atoms with van der Waals surface area (Å²) < 4.78 is 106. The molecule has 272 valence electrons. The minimum Gasteiger partial charge on any atom is -0.475 e. The fourth-order valence-corrected chi connectivity index (χ4v) is 4.50. The Labute approximate surface area is 262 Å². The van der Waals surface area contributed by atoms with Crippen LogP contribution in [0.1, 0.15) is 25.5 Å². The van der Waals surface area contributed by atoms with Crippen molar-refractivity contribution in [3.63, 3.8) is 0 Å². The first-order valence-corrected chi connectivity index (χ1v) is 13.6. The molecule has 1 aromatic rings.